The van der Waals surface area contributed by atoms with Crippen LogP contribution in [-0.4, -0.2) is 23.1 Å². The third kappa shape index (κ3) is 4.24. The minimum atomic E-state index is -0.244. The molecule has 20 heavy (non-hydrogen) atoms. The van der Waals surface area contributed by atoms with Gasteiger partial charge in [-0.05, 0) is 17.7 Å². The summed E-state index contributed by atoms with van der Waals surface area (Å²) in [5.74, 6) is 0.549. The SMILES string of the molecule is COc1ccc(CNC(=O)NCc2ccccn2)cn1. The van der Waals surface area contributed by atoms with Gasteiger partial charge in [0.25, 0.3) is 0 Å². The van der Waals surface area contributed by atoms with Gasteiger partial charge in [0.15, 0.2) is 0 Å². The lowest BCUT2D eigenvalue weighted by atomic mass is 10.3. The summed E-state index contributed by atoms with van der Waals surface area (Å²) >= 11 is 0. The number of amides is 2. The Labute approximate surface area is 117 Å². The predicted octanol–water partition coefficient (Wildman–Crippen LogP) is 1.48. The van der Waals surface area contributed by atoms with Crippen LogP contribution < -0.4 is 15.4 Å². The molecule has 2 amide bonds. The number of nitrogens with zero attached hydrogens (tertiary/aromatic N) is 2. The average Bonchev–Trinajstić information content (AvgIpc) is 2.52. The number of rotatable bonds is 5. The third-order valence-electron chi connectivity index (χ3n) is 2.62. The van der Waals surface area contributed by atoms with Crippen molar-refractivity contribution < 1.29 is 9.53 Å². The number of urea groups is 1. The largest absolute Gasteiger partial charge is 0.481 e. The lowest BCUT2D eigenvalue weighted by molar-refractivity contribution is 0.240. The van der Waals surface area contributed by atoms with Gasteiger partial charge in [-0.15, -0.1) is 0 Å². The highest BCUT2D eigenvalue weighted by Gasteiger charge is 2.01. The van der Waals surface area contributed by atoms with Crippen molar-refractivity contribution in [3.63, 3.8) is 0 Å². The quantitative estimate of drug-likeness (QED) is 0.864. The number of methoxy groups -OCH3 is 1. The highest BCUT2D eigenvalue weighted by Crippen LogP contribution is 2.06. The van der Waals surface area contributed by atoms with E-state index in [9.17, 15) is 4.79 Å². The Bertz CT molecular complexity index is 543. The maximum atomic E-state index is 11.6. The number of nitrogens with one attached hydrogen (secondary N) is 2. The van der Waals surface area contributed by atoms with Gasteiger partial charge in [-0.3, -0.25) is 4.98 Å². The molecule has 0 aromatic carbocycles. The molecule has 2 aromatic rings. The zero-order valence-electron chi connectivity index (χ0n) is 11.2. The van der Waals surface area contributed by atoms with Crippen LogP contribution in [0.1, 0.15) is 11.3 Å². The maximum absolute atomic E-state index is 11.6. The molecule has 0 unspecified atom stereocenters. The molecule has 2 aromatic heterocycles. The molecule has 0 bridgehead atoms. The minimum Gasteiger partial charge on any atom is -0.481 e. The topological polar surface area (TPSA) is 76.1 Å². The highest BCUT2D eigenvalue weighted by atomic mass is 16.5. The number of carbonyl (C=O) groups is 1. The van der Waals surface area contributed by atoms with Gasteiger partial charge in [0.2, 0.25) is 5.88 Å². The molecule has 0 spiro atoms. The van der Waals surface area contributed by atoms with E-state index < -0.39 is 0 Å². The molecule has 0 saturated carbocycles. The van der Waals surface area contributed by atoms with E-state index in [2.05, 4.69) is 20.6 Å². The Kier molecular flexibility index (Phi) is 4.88. The average molecular weight is 272 g/mol. The first-order valence-electron chi connectivity index (χ1n) is 6.18. The normalized spacial score (nSPS) is 9.85. The van der Waals surface area contributed by atoms with Crippen LogP contribution >= 0.6 is 0 Å². The van der Waals surface area contributed by atoms with Crippen molar-refractivity contribution in [2.24, 2.45) is 0 Å². The van der Waals surface area contributed by atoms with Crippen molar-refractivity contribution in [2.45, 2.75) is 13.1 Å². The molecule has 6 heteroatoms. The standard InChI is InChI=1S/C14H16N4O2/c1-20-13-6-5-11(8-16-13)9-17-14(19)18-10-12-4-2-3-7-15-12/h2-8H,9-10H2,1H3,(H2,17,18,19). The first-order valence-corrected chi connectivity index (χ1v) is 6.18. The van der Waals surface area contributed by atoms with Gasteiger partial charge >= 0.3 is 6.03 Å². The van der Waals surface area contributed by atoms with Gasteiger partial charge in [-0.1, -0.05) is 12.1 Å². The van der Waals surface area contributed by atoms with Crippen molar-refractivity contribution in [1.29, 1.82) is 0 Å². The Morgan fingerprint density at radius 1 is 1.15 bits per heavy atom. The molecular weight excluding hydrogens is 256 g/mol. The van der Waals surface area contributed by atoms with Crippen molar-refractivity contribution in [1.82, 2.24) is 20.6 Å². The monoisotopic (exact) mass is 272 g/mol. The van der Waals surface area contributed by atoms with Crippen LogP contribution in [0.25, 0.3) is 0 Å². The zero-order valence-corrected chi connectivity index (χ0v) is 11.2. The predicted molar refractivity (Wildman–Crippen MR) is 74.1 cm³/mol. The van der Waals surface area contributed by atoms with Gasteiger partial charge in [-0.25, -0.2) is 9.78 Å². The van der Waals surface area contributed by atoms with Crippen molar-refractivity contribution in [3.05, 3.63) is 54.0 Å². The summed E-state index contributed by atoms with van der Waals surface area (Å²) in [6, 6.07) is 8.93. The summed E-state index contributed by atoms with van der Waals surface area (Å²) in [5, 5.41) is 5.48. The summed E-state index contributed by atoms with van der Waals surface area (Å²) in [7, 11) is 1.56. The van der Waals surface area contributed by atoms with Gasteiger partial charge < -0.3 is 15.4 Å². The molecule has 6 nitrogen and oxygen atoms in total. The highest BCUT2D eigenvalue weighted by molar-refractivity contribution is 5.73. The van der Waals surface area contributed by atoms with E-state index in [0.717, 1.165) is 11.3 Å². The van der Waals surface area contributed by atoms with E-state index >= 15 is 0 Å². The van der Waals surface area contributed by atoms with Crippen LogP contribution in [0.5, 0.6) is 5.88 Å². The second-order valence-electron chi connectivity index (χ2n) is 4.07. The van der Waals surface area contributed by atoms with Gasteiger partial charge in [-0.2, -0.15) is 0 Å². The molecular formula is C14H16N4O2. The lowest BCUT2D eigenvalue weighted by Gasteiger charge is -2.07. The van der Waals surface area contributed by atoms with Crippen LogP contribution in [-0.2, 0) is 13.1 Å². The van der Waals surface area contributed by atoms with E-state index in [-0.39, 0.29) is 6.03 Å². The molecule has 2 heterocycles. The summed E-state index contributed by atoms with van der Waals surface area (Å²) in [5.41, 5.74) is 1.72. The maximum Gasteiger partial charge on any atom is 0.315 e. The van der Waals surface area contributed by atoms with Crippen LogP contribution in [0.2, 0.25) is 0 Å². The number of pyridine rings is 2. The Balaban J connectivity index is 1.74. The third-order valence-corrected chi connectivity index (χ3v) is 2.62. The van der Waals surface area contributed by atoms with E-state index in [1.807, 2.05) is 24.3 Å². The molecule has 0 aliphatic heterocycles. The van der Waals surface area contributed by atoms with Gasteiger partial charge in [0.1, 0.15) is 0 Å². The van der Waals surface area contributed by atoms with E-state index in [1.54, 1.807) is 25.6 Å². The van der Waals surface area contributed by atoms with Crippen molar-refractivity contribution in [2.75, 3.05) is 7.11 Å². The molecule has 0 aliphatic rings. The summed E-state index contributed by atoms with van der Waals surface area (Å²) in [4.78, 5) is 19.8. The lowest BCUT2D eigenvalue weighted by Crippen LogP contribution is -2.34. The van der Waals surface area contributed by atoms with E-state index in [0.29, 0.717) is 19.0 Å². The molecule has 104 valence electrons. The molecule has 0 radical (unpaired) electrons. The summed E-state index contributed by atoms with van der Waals surface area (Å²) < 4.78 is 4.96. The number of carbonyl (C=O) groups excluding carboxylic acids is 1. The van der Waals surface area contributed by atoms with Crippen molar-refractivity contribution in [3.8, 4) is 5.88 Å². The van der Waals surface area contributed by atoms with Crippen LogP contribution in [0, 0.1) is 0 Å². The van der Waals surface area contributed by atoms with E-state index in [4.69, 9.17) is 4.74 Å². The summed E-state index contributed by atoms with van der Waals surface area (Å²) in [6.07, 6.45) is 3.36. The number of aromatic nitrogens is 2. The Morgan fingerprint density at radius 2 is 2.00 bits per heavy atom. The fourth-order valence-electron chi connectivity index (χ4n) is 1.55. The van der Waals surface area contributed by atoms with Crippen molar-refractivity contribution >= 4 is 6.03 Å². The molecule has 2 N–H and O–H groups in total. The molecule has 0 aliphatic carbocycles. The number of hydrogen-bond acceptors (Lipinski definition) is 4. The van der Waals surface area contributed by atoms with Crippen LogP contribution in [0.4, 0.5) is 4.79 Å². The fourth-order valence-corrected chi connectivity index (χ4v) is 1.55. The smallest absolute Gasteiger partial charge is 0.315 e. The summed E-state index contributed by atoms with van der Waals surface area (Å²) in [6.45, 7) is 0.804. The van der Waals surface area contributed by atoms with Crippen LogP contribution in [0.3, 0.4) is 0 Å². The van der Waals surface area contributed by atoms with Gasteiger partial charge in [0, 0.05) is 25.0 Å². The fraction of sp³-hybridized carbons (Fsp3) is 0.214. The zero-order chi connectivity index (χ0) is 14.2. The second-order valence-corrected chi connectivity index (χ2v) is 4.07. The molecule has 0 fully saturated rings. The number of hydrogen-bond donors (Lipinski definition) is 2. The minimum absolute atomic E-state index is 0.244. The second kappa shape index (κ2) is 7.08. The first kappa shape index (κ1) is 13.8. The molecule has 0 saturated heterocycles. The Hall–Kier alpha value is -2.63. The first-order chi connectivity index (χ1) is 9.78. The molecule has 0 atom stereocenters. The van der Waals surface area contributed by atoms with Gasteiger partial charge in [0.05, 0.1) is 19.3 Å². The van der Waals surface area contributed by atoms with E-state index in [1.165, 1.54) is 0 Å². The number of ether oxygens (including phenoxy) is 1. The Morgan fingerprint density at radius 3 is 2.65 bits per heavy atom. The molecule has 2 rings (SSSR count). The van der Waals surface area contributed by atoms with Crippen LogP contribution in [0.15, 0.2) is 42.7 Å².